The van der Waals surface area contributed by atoms with E-state index in [2.05, 4.69) is 32.7 Å². The second-order valence-electron chi connectivity index (χ2n) is 4.16. The van der Waals surface area contributed by atoms with Crippen molar-refractivity contribution < 1.29 is 0 Å². The summed E-state index contributed by atoms with van der Waals surface area (Å²) < 4.78 is 0. The number of aromatic nitrogens is 2. The zero-order valence-electron chi connectivity index (χ0n) is 10.4. The third kappa shape index (κ3) is 2.63. The van der Waals surface area contributed by atoms with E-state index >= 15 is 0 Å². The van der Waals surface area contributed by atoms with Crippen LogP contribution < -0.4 is 10.6 Å². The van der Waals surface area contributed by atoms with Gasteiger partial charge in [0.1, 0.15) is 6.33 Å². The van der Waals surface area contributed by atoms with E-state index in [0.717, 1.165) is 17.6 Å². The summed E-state index contributed by atoms with van der Waals surface area (Å²) in [6.45, 7) is 0.860. The summed E-state index contributed by atoms with van der Waals surface area (Å²) in [7, 11) is 0. The average Bonchev–Trinajstić information content (AvgIpc) is 2.96. The van der Waals surface area contributed by atoms with Crippen LogP contribution in [0.5, 0.6) is 0 Å². The molecule has 19 heavy (non-hydrogen) atoms. The van der Waals surface area contributed by atoms with E-state index in [1.54, 1.807) is 6.33 Å². The Bertz CT molecular complexity index is 593. The van der Waals surface area contributed by atoms with Crippen molar-refractivity contribution in [3.05, 3.63) is 61.1 Å². The lowest BCUT2D eigenvalue weighted by molar-refractivity contribution is 1.22. The quantitative estimate of drug-likeness (QED) is 0.643. The molecule has 0 bridgehead atoms. The molecule has 2 N–H and O–H groups in total. The molecule has 0 aliphatic carbocycles. The lowest BCUT2D eigenvalue weighted by Crippen LogP contribution is -1.98. The Morgan fingerprint density at radius 1 is 0.842 bits per heavy atom. The molecule has 0 saturated heterocycles. The van der Waals surface area contributed by atoms with Crippen molar-refractivity contribution in [2.24, 2.45) is 0 Å². The third-order valence-corrected chi connectivity index (χ3v) is 2.90. The molecule has 0 unspecified atom stereocenters. The Morgan fingerprint density at radius 2 is 1.53 bits per heavy atom. The normalized spacial score (nSPS) is 11.8. The van der Waals surface area contributed by atoms with Crippen LogP contribution in [0.1, 0.15) is 0 Å². The van der Waals surface area contributed by atoms with E-state index in [1.807, 2.05) is 42.6 Å². The van der Waals surface area contributed by atoms with Gasteiger partial charge in [0.05, 0.1) is 23.6 Å². The molecular formula is C15H14N4. The molecule has 94 valence electrons. The zero-order valence-corrected chi connectivity index (χ0v) is 10.4. The van der Waals surface area contributed by atoms with Crippen LogP contribution in [0, 0.1) is 0 Å². The van der Waals surface area contributed by atoms with Gasteiger partial charge in [-0.2, -0.15) is 0 Å². The molecule has 4 rings (SSSR count). The molecule has 0 saturated carbocycles. The number of para-hydroxylation sites is 3. The maximum atomic E-state index is 4.07. The second-order valence-corrected chi connectivity index (χ2v) is 4.16. The molecule has 1 aromatic heterocycles. The van der Waals surface area contributed by atoms with Crippen molar-refractivity contribution in [3.8, 4) is 0 Å². The lowest BCUT2D eigenvalue weighted by Gasteiger charge is -1.93. The van der Waals surface area contributed by atoms with Gasteiger partial charge in [-0.1, -0.05) is 30.3 Å². The van der Waals surface area contributed by atoms with Gasteiger partial charge in [0.2, 0.25) is 0 Å². The zero-order chi connectivity index (χ0) is 12.9. The third-order valence-electron chi connectivity index (χ3n) is 2.90. The Hall–Kier alpha value is -2.62. The number of anilines is 2. The fourth-order valence-electron chi connectivity index (χ4n) is 1.95. The predicted molar refractivity (Wildman–Crippen MR) is 78.1 cm³/mol. The van der Waals surface area contributed by atoms with Gasteiger partial charge in [-0.3, -0.25) is 0 Å². The molecule has 2 aromatic carbocycles. The molecule has 1 aliphatic heterocycles. The van der Waals surface area contributed by atoms with Crippen LogP contribution in [0.3, 0.4) is 0 Å². The van der Waals surface area contributed by atoms with Crippen LogP contribution in [0.4, 0.5) is 11.4 Å². The molecule has 4 nitrogen and oxygen atoms in total. The number of fused-ring (bicyclic) bond motifs is 2. The van der Waals surface area contributed by atoms with Crippen LogP contribution in [-0.2, 0) is 0 Å². The van der Waals surface area contributed by atoms with Crippen LogP contribution in [-0.4, -0.2) is 16.6 Å². The van der Waals surface area contributed by atoms with Crippen molar-refractivity contribution in [1.29, 1.82) is 0 Å². The minimum atomic E-state index is 0.860. The first-order valence-corrected chi connectivity index (χ1v) is 6.15. The van der Waals surface area contributed by atoms with Crippen LogP contribution in [0.15, 0.2) is 61.1 Å². The SMILES string of the molecule is c1ccc2c(c1)NCN2.c1ccc2ncncc2c1. The summed E-state index contributed by atoms with van der Waals surface area (Å²) in [6.07, 6.45) is 3.37. The van der Waals surface area contributed by atoms with Gasteiger partial charge < -0.3 is 10.6 Å². The summed E-state index contributed by atoms with van der Waals surface area (Å²) >= 11 is 0. The predicted octanol–water partition coefficient (Wildman–Crippen LogP) is 3.11. The minimum absolute atomic E-state index is 0.860. The van der Waals surface area contributed by atoms with Crippen molar-refractivity contribution >= 4 is 22.3 Å². The highest BCUT2D eigenvalue weighted by Gasteiger charge is 2.04. The Morgan fingerprint density at radius 3 is 2.26 bits per heavy atom. The highest BCUT2D eigenvalue weighted by molar-refractivity contribution is 5.76. The molecule has 1 aliphatic rings. The minimum Gasteiger partial charge on any atom is -0.366 e. The van der Waals surface area contributed by atoms with Crippen molar-refractivity contribution in [3.63, 3.8) is 0 Å². The number of hydrogen-bond donors (Lipinski definition) is 2. The highest BCUT2D eigenvalue weighted by atomic mass is 15.1. The molecule has 0 atom stereocenters. The largest absolute Gasteiger partial charge is 0.366 e. The average molecular weight is 250 g/mol. The van der Waals surface area contributed by atoms with Gasteiger partial charge in [0.25, 0.3) is 0 Å². The Labute approximate surface area is 111 Å². The number of benzene rings is 2. The van der Waals surface area contributed by atoms with Crippen LogP contribution in [0.25, 0.3) is 10.9 Å². The molecule has 4 heteroatoms. The first-order valence-electron chi connectivity index (χ1n) is 6.15. The molecule has 0 amide bonds. The monoisotopic (exact) mass is 250 g/mol. The van der Waals surface area contributed by atoms with Crippen molar-refractivity contribution in [2.75, 3.05) is 17.3 Å². The summed E-state index contributed by atoms with van der Waals surface area (Å²) in [6, 6.07) is 16.1. The van der Waals surface area contributed by atoms with E-state index in [4.69, 9.17) is 0 Å². The summed E-state index contributed by atoms with van der Waals surface area (Å²) in [5, 5.41) is 7.47. The topological polar surface area (TPSA) is 49.8 Å². The fourth-order valence-corrected chi connectivity index (χ4v) is 1.95. The lowest BCUT2D eigenvalue weighted by atomic mass is 10.2. The second kappa shape index (κ2) is 5.35. The number of nitrogens with zero attached hydrogens (tertiary/aromatic N) is 2. The molecular weight excluding hydrogens is 236 g/mol. The maximum Gasteiger partial charge on any atom is 0.116 e. The van der Waals surface area contributed by atoms with Crippen LogP contribution >= 0.6 is 0 Å². The van der Waals surface area contributed by atoms with Gasteiger partial charge >= 0.3 is 0 Å². The standard InChI is InChI=1S/C8H6N2.C7H8N2/c1-2-4-8-7(3-1)5-9-6-10-8;1-2-4-7-6(3-1)8-5-9-7/h1-6H;1-4,8-9H,5H2. The van der Waals surface area contributed by atoms with E-state index < -0.39 is 0 Å². The van der Waals surface area contributed by atoms with Crippen LogP contribution in [0.2, 0.25) is 0 Å². The van der Waals surface area contributed by atoms with E-state index in [0.29, 0.717) is 0 Å². The van der Waals surface area contributed by atoms with E-state index in [1.165, 1.54) is 11.4 Å². The highest BCUT2D eigenvalue weighted by Crippen LogP contribution is 2.23. The van der Waals surface area contributed by atoms with Gasteiger partial charge in [0, 0.05) is 11.6 Å². The van der Waals surface area contributed by atoms with Gasteiger partial charge in [-0.15, -0.1) is 0 Å². The maximum absolute atomic E-state index is 4.07. The first-order chi connectivity index (χ1) is 9.43. The summed E-state index contributed by atoms with van der Waals surface area (Å²) in [5.74, 6) is 0. The smallest absolute Gasteiger partial charge is 0.116 e. The first kappa shape index (κ1) is 11.5. The van der Waals surface area contributed by atoms with Crippen molar-refractivity contribution in [1.82, 2.24) is 9.97 Å². The summed E-state index contributed by atoms with van der Waals surface area (Å²) in [4.78, 5) is 7.97. The molecule has 0 radical (unpaired) electrons. The molecule has 2 heterocycles. The van der Waals surface area contributed by atoms with Gasteiger partial charge in [-0.25, -0.2) is 9.97 Å². The molecule has 3 aromatic rings. The van der Waals surface area contributed by atoms with Gasteiger partial charge in [-0.05, 0) is 18.2 Å². The van der Waals surface area contributed by atoms with E-state index in [9.17, 15) is 0 Å². The fraction of sp³-hybridized carbons (Fsp3) is 0.0667. The molecule has 0 fully saturated rings. The molecule has 0 spiro atoms. The van der Waals surface area contributed by atoms with E-state index in [-0.39, 0.29) is 0 Å². The Balaban J connectivity index is 0.000000117. The Kier molecular flexibility index (Phi) is 3.23. The number of rotatable bonds is 0. The van der Waals surface area contributed by atoms with Gasteiger partial charge in [0.15, 0.2) is 0 Å². The number of hydrogen-bond acceptors (Lipinski definition) is 4. The van der Waals surface area contributed by atoms with Crippen molar-refractivity contribution in [2.45, 2.75) is 0 Å². The number of nitrogens with one attached hydrogen (secondary N) is 2. The summed E-state index contributed by atoms with van der Waals surface area (Å²) in [5.41, 5.74) is 3.41.